The van der Waals surface area contributed by atoms with Crippen molar-refractivity contribution >= 4 is 23.2 Å². The van der Waals surface area contributed by atoms with Crippen LogP contribution in [-0.4, -0.2) is 65.3 Å². The molecule has 5 nitrogen and oxygen atoms in total. The fraction of sp³-hybridized carbons (Fsp3) is 0.667. The molecule has 0 unspecified atom stereocenters. The van der Waals surface area contributed by atoms with Crippen LogP contribution in [0.3, 0.4) is 0 Å². The molecule has 3 rings (SSSR count). The first kappa shape index (κ1) is 17.4. The maximum absolute atomic E-state index is 12.6. The average Bonchev–Trinajstić information content (AvgIpc) is 3.27. The van der Waals surface area contributed by atoms with Crippen LogP contribution in [0.25, 0.3) is 0 Å². The zero-order valence-electron chi connectivity index (χ0n) is 14.6. The Kier molecular flexibility index (Phi) is 5.56. The minimum Gasteiger partial charge on any atom is -0.340 e. The maximum Gasteiger partial charge on any atom is 0.236 e. The Balaban J connectivity index is 1.59. The predicted octanol–water partition coefficient (Wildman–Crippen LogP) is 2.18. The highest BCUT2D eigenvalue weighted by Crippen LogP contribution is 2.30. The van der Waals surface area contributed by atoms with E-state index in [1.54, 1.807) is 18.3 Å². The summed E-state index contributed by atoms with van der Waals surface area (Å²) >= 11 is 1.66. The number of hydrogen-bond acceptors (Lipinski definition) is 4. The van der Waals surface area contributed by atoms with E-state index in [0.717, 1.165) is 38.8 Å². The highest BCUT2D eigenvalue weighted by atomic mass is 32.1. The van der Waals surface area contributed by atoms with Gasteiger partial charge in [0.2, 0.25) is 11.8 Å². The summed E-state index contributed by atoms with van der Waals surface area (Å²) in [5.41, 5.74) is 1.19. The molecule has 1 aromatic rings. The van der Waals surface area contributed by atoms with Gasteiger partial charge >= 0.3 is 0 Å². The minimum absolute atomic E-state index is 0.167. The Bertz CT molecular complexity index is 575. The number of carbonyl (C=O) groups excluding carboxylic acids is 2. The zero-order valence-corrected chi connectivity index (χ0v) is 15.4. The monoisotopic (exact) mass is 349 g/mol. The Morgan fingerprint density at radius 1 is 1.25 bits per heavy atom. The summed E-state index contributed by atoms with van der Waals surface area (Å²) in [7, 11) is 1.88. The van der Waals surface area contributed by atoms with Crippen LogP contribution in [-0.2, 0) is 16.1 Å². The highest BCUT2D eigenvalue weighted by Gasteiger charge is 2.39. The molecule has 6 heteroatoms. The van der Waals surface area contributed by atoms with Crippen molar-refractivity contribution in [1.82, 2.24) is 14.7 Å². The van der Waals surface area contributed by atoms with Crippen molar-refractivity contribution < 1.29 is 9.59 Å². The van der Waals surface area contributed by atoms with Crippen molar-refractivity contribution in [3.05, 3.63) is 22.4 Å². The van der Waals surface area contributed by atoms with Crippen molar-refractivity contribution in [3.8, 4) is 0 Å². The zero-order chi connectivity index (χ0) is 17.1. The molecule has 2 amide bonds. The summed E-state index contributed by atoms with van der Waals surface area (Å²) in [5, 5.41) is 4.13. The molecule has 2 aliphatic heterocycles. The number of rotatable bonds is 5. The van der Waals surface area contributed by atoms with Gasteiger partial charge in [0.25, 0.3) is 0 Å². The summed E-state index contributed by atoms with van der Waals surface area (Å²) in [6.45, 7) is 4.63. The first-order valence-corrected chi connectivity index (χ1v) is 9.77. The molecule has 0 aromatic carbocycles. The van der Waals surface area contributed by atoms with Crippen LogP contribution in [0, 0.1) is 0 Å². The standard InChI is InChI=1S/C18H27N3O2S/c1-14(22)21-9-4-6-17(21)16-5-3-8-20(16)12-18(23)19(2)11-15-7-10-24-13-15/h7,10,13,16-17H,3-6,8-9,11-12H2,1-2H3/t16-,17+/m0/s1. The normalized spacial score (nSPS) is 24.5. The van der Waals surface area contributed by atoms with Crippen LogP contribution in [0.4, 0.5) is 0 Å². The largest absolute Gasteiger partial charge is 0.340 e. The van der Waals surface area contributed by atoms with Gasteiger partial charge in [0, 0.05) is 39.1 Å². The molecule has 2 saturated heterocycles. The van der Waals surface area contributed by atoms with Crippen molar-refractivity contribution in [2.45, 2.75) is 51.2 Å². The summed E-state index contributed by atoms with van der Waals surface area (Å²) in [6, 6.07) is 2.70. The number of nitrogens with zero attached hydrogens (tertiary/aromatic N) is 3. The lowest BCUT2D eigenvalue weighted by molar-refractivity contribution is -0.133. The number of amides is 2. The van der Waals surface area contributed by atoms with E-state index in [9.17, 15) is 9.59 Å². The fourth-order valence-electron chi connectivity index (χ4n) is 4.11. The van der Waals surface area contributed by atoms with E-state index in [2.05, 4.69) is 16.3 Å². The Hall–Kier alpha value is -1.40. The van der Waals surface area contributed by atoms with Crippen LogP contribution >= 0.6 is 11.3 Å². The van der Waals surface area contributed by atoms with Gasteiger partial charge in [-0.05, 0) is 54.6 Å². The van der Waals surface area contributed by atoms with Gasteiger partial charge in [-0.25, -0.2) is 0 Å². The lowest BCUT2D eigenvalue weighted by Crippen LogP contribution is -2.50. The first-order chi connectivity index (χ1) is 11.6. The van der Waals surface area contributed by atoms with Gasteiger partial charge < -0.3 is 9.80 Å². The summed E-state index contributed by atoms with van der Waals surface area (Å²) in [5.74, 6) is 0.339. The van der Waals surface area contributed by atoms with E-state index in [0.29, 0.717) is 25.2 Å². The quantitative estimate of drug-likeness (QED) is 0.818. The Labute approximate surface area is 148 Å². The molecule has 0 bridgehead atoms. The average molecular weight is 350 g/mol. The highest BCUT2D eigenvalue weighted by molar-refractivity contribution is 7.07. The van der Waals surface area contributed by atoms with E-state index >= 15 is 0 Å². The van der Waals surface area contributed by atoms with Crippen molar-refractivity contribution in [3.63, 3.8) is 0 Å². The third kappa shape index (κ3) is 3.81. The lowest BCUT2D eigenvalue weighted by Gasteiger charge is -2.35. The van der Waals surface area contributed by atoms with Gasteiger partial charge in [0.1, 0.15) is 0 Å². The maximum atomic E-state index is 12.6. The molecular formula is C18H27N3O2S. The van der Waals surface area contributed by atoms with E-state index in [1.165, 1.54) is 5.56 Å². The molecule has 0 spiro atoms. The molecule has 2 aliphatic rings. The molecule has 1 aromatic heterocycles. The molecule has 0 N–H and O–H groups in total. The molecule has 132 valence electrons. The van der Waals surface area contributed by atoms with Gasteiger partial charge in [0.15, 0.2) is 0 Å². The summed E-state index contributed by atoms with van der Waals surface area (Å²) in [4.78, 5) is 30.6. The molecule has 24 heavy (non-hydrogen) atoms. The smallest absolute Gasteiger partial charge is 0.236 e. The first-order valence-electron chi connectivity index (χ1n) is 8.82. The number of likely N-dealkylation sites (tertiary alicyclic amines) is 2. The molecule has 2 atom stereocenters. The summed E-state index contributed by atoms with van der Waals surface area (Å²) < 4.78 is 0. The fourth-order valence-corrected chi connectivity index (χ4v) is 4.77. The molecule has 0 radical (unpaired) electrons. The Morgan fingerprint density at radius 3 is 2.71 bits per heavy atom. The molecule has 2 fully saturated rings. The van der Waals surface area contributed by atoms with Crippen LogP contribution < -0.4 is 0 Å². The van der Waals surface area contributed by atoms with E-state index in [-0.39, 0.29) is 11.8 Å². The van der Waals surface area contributed by atoms with Crippen LogP contribution in [0.5, 0.6) is 0 Å². The van der Waals surface area contributed by atoms with Crippen LogP contribution in [0.2, 0.25) is 0 Å². The van der Waals surface area contributed by atoms with Crippen molar-refractivity contribution in [2.75, 3.05) is 26.7 Å². The van der Waals surface area contributed by atoms with Gasteiger partial charge in [-0.3, -0.25) is 14.5 Å². The van der Waals surface area contributed by atoms with Gasteiger partial charge in [-0.2, -0.15) is 11.3 Å². The second kappa shape index (κ2) is 7.66. The van der Waals surface area contributed by atoms with Crippen molar-refractivity contribution in [1.29, 1.82) is 0 Å². The van der Waals surface area contributed by atoms with Gasteiger partial charge in [-0.1, -0.05) is 0 Å². The molecule has 0 saturated carbocycles. The second-order valence-electron chi connectivity index (χ2n) is 6.98. The predicted molar refractivity (Wildman–Crippen MR) is 95.8 cm³/mol. The molecule has 3 heterocycles. The van der Waals surface area contributed by atoms with E-state index in [4.69, 9.17) is 0 Å². The topological polar surface area (TPSA) is 43.9 Å². The third-order valence-electron chi connectivity index (χ3n) is 5.33. The number of thiophene rings is 1. The third-order valence-corrected chi connectivity index (χ3v) is 6.06. The Morgan fingerprint density at radius 2 is 2.00 bits per heavy atom. The SMILES string of the molecule is CC(=O)N1CCC[C@@H]1[C@@H]1CCCN1CC(=O)N(C)Cc1ccsc1. The lowest BCUT2D eigenvalue weighted by atomic mass is 10.0. The number of likely N-dealkylation sites (N-methyl/N-ethyl adjacent to an activating group) is 1. The second-order valence-corrected chi connectivity index (χ2v) is 7.76. The summed E-state index contributed by atoms with van der Waals surface area (Å²) in [6.07, 6.45) is 4.37. The number of carbonyl (C=O) groups is 2. The molecule has 0 aliphatic carbocycles. The number of hydrogen-bond donors (Lipinski definition) is 0. The van der Waals surface area contributed by atoms with Crippen LogP contribution in [0.1, 0.15) is 38.2 Å². The van der Waals surface area contributed by atoms with E-state index in [1.807, 2.05) is 22.2 Å². The van der Waals surface area contributed by atoms with Gasteiger partial charge in [0.05, 0.1) is 6.54 Å². The van der Waals surface area contributed by atoms with Crippen LogP contribution in [0.15, 0.2) is 16.8 Å². The van der Waals surface area contributed by atoms with E-state index < -0.39 is 0 Å². The van der Waals surface area contributed by atoms with Gasteiger partial charge in [-0.15, -0.1) is 0 Å². The van der Waals surface area contributed by atoms with Crippen molar-refractivity contribution in [2.24, 2.45) is 0 Å². The minimum atomic E-state index is 0.167. The molecular weight excluding hydrogens is 322 g/mol.